The Morgan fingerprint density at radius 1 is 0.816 bits per heavy atom. The SMILES string of the molecule is CCCCCCCCCCCCCCCC(O)C(COP(=O)([O-])OCC[N+](C)(C)C)NC(=O)CCCCC. The highest BCUT2D eigenvalue weighted by molar-refractivity contribution is 7.45. The van der Waals surface area contributed by atoms with Crippen LogP contribution in [0.2, 0.25) is 0 Å². The van der Waals surface area contributed by atoms with Gasteiger partial charge in [-0.05, 0) is 12.8 Å². The number of quaternary nitrogens is 1. The van der Waals surface area contributed by atoms with Gasteiger partial charge >= 0.3 is 0 Å². The number of nitrogens with one attached hydrogen (secondary N) is 1. The monoisotopic (exact) mass is 564 g/mol. The quantitative estimate of drug-likeness (QED) is 0.0709. The van der Waals surface area contributed by atoms with E-state index in [1.807, 2.05) is 21.1 Å². The molecule has 0 spiro atoms. The van der Waals surface area contributed by atoms with E-state index in [0.717, 1.165) is 38.5 Å². The molecule has 3 atom stereocenters. The Hall–Kier alpha value is -0.500. The average molecular weight is 565 g/mol. The van der Waals surface area contributed by atoms with Crippen molar-refractivity contribution in [2.24, 2.45) is 0 Å². The van der Waals surface area contributed by atoms with Crippen LogP contribution in [-0.2, 0) is 18.4 Å². The number of amides is 1. The first-order valence-electron chi connectivity index (χ1n) is 15.4. The molecule has 0 aliphatic heterocycles. The zero-order valence-electron chi connectivity index (χ0n) is 25.4. The van der Waals surface area contributed by atoms with Gasteiger partial charge in [0.1, 0.15) is 13.2 Å². The van der Waals surface area contributed by atoms with Gasteiger partial charge in [0.15, 0.2) is 0 Å². The fraction of sp³-hybridized carbons (Fsp3) is 0.966. The van der Waals surface area contributed by atoms with Crippen LogP contribution in [0.25, 0.3) is 0 Å². The lowest BCUT2D eigenvalue weighted by molar-refractivity contribution is -0.870. The maximum atomic E-state index is 12.4. The first-order valence-corrected chi connectivity index (χ1v) is 16.8. The first kappa shape index (κ1) is 37.5. The highest BCUT2D eigenvalue weighted by Crippen LogP contribution is 2.38. The summed E-state index contributed by atoms with van der Waals surface area (Å²) in [7, 11) is 1.30. The highest BCUT2D eigenvalue weighted by atomic mass is 31.2. The van der Waals surface area contributed by atoms with E-state index in [9.17, 15) is 19.4 Å². The van der Waals surface area contributed by atoms with Crippen LogP contribution < -0.4 is 10.2 Å². The maximum Gasteiger partial charge on any atom is 0.268 e. The van der Waals surface area contributed by atoms with Gasteiger partial charge in [0.2, 0.25) is 5.91 Å². The Kier molecular flexibility index (Phi) is 22.9. The van der Waals surface area contributed by atoms with E-state index >= 15 is 0 Å². The Balaban J connectivity index is 4.36. The van der Waals surface area contributed by atoms with Crippen molar-refractivity contribution in [2.75, 3.05) is 40.9 Å². The lowest BCUT2D eigenvalue weighted by Gasteiger charge is -2.30. The predicted molar refractivity (Wildman–Crippen MR) is 155 cm³/mol. The van der Waals surface area contributed by atoms with E-state index in [2.05, 4.69) is 19.2 Å². The van der Waals surface area contributed by atoms with Gasteiger partial charge in [-0.15, -0.1) is 0 Å². The van der Waals surface area contributed by atoms with Crippen molar-refractivity contribution in [2.45, 2.75) is 142 Å². The molecule has 0 saturated heterocycles. The van der Waals surface area contributed by atoms with Gasteiger partial charge in [0.25, 0.3) is 7.82 Å². The van der Waals surface area contributed by atoms with E-state index in [-0.39, 0.29) is 19.1 Å². The standard InChI is InChI=1S/C29H61N2O6P/c1-6-8-10-11-12-13-14-15-16-17-18-19-21-22-28(32)27(30-29(33)23-20-9-7-2)26-37-38(34,35)36-25-24-31(3,4)5/h27-28,32H,6-26H2,1-5H3,(H-,30,33,34,35). The van der Waals surface area contributed by atoms with Crippen molar-refractivity contribution < 1.29 is 32.9 Å². The minimum Gasteiger partial charge on any atom is -0.756 e. The van der Waals surface area contributed by atoms with E-state index in [4.69, 9.17) is 9.05 Å². The number of likely N-dealkylation sites (N-methyl/N-ethyl adjacent to an activating group) is 1. The largest absolute Gasteiger partial charge is 0.756 e. The number of phosphoric acid groups is 1. The van der Waals surface area contributed by atoms with E-state index in [1.165, 1.54) is 64.2 Å². The van der Waals surface area contributed by atoms with Crippen molar-refractivity contribution in [3.05, 3.63) is 0 Å². The number of unbranched alkanes of at least 4 members (excludes halogenated alkanes) is 14. The minimum absolute atomic E-state index is 0.0137. The molecule has 0 aromatic carbocycles. The maximum absolute atomic E-state index is 12.4. The van der Waals surface area contributed by atoms with Gasteiger partial charge in [0.05, 0.1) is 39.9 Å². The number of aliphatic hydroxyl groups is 1. The molecule has 0 fully saturated rings. The topological polar surface area (TPSA) is 108 Å². The van der Waals surface area contributed by atoms with Crippen molar-refractivity contribution in [3.8, 4) is 0 Å². The molecule has 2 N–H and O–H groups in total. The van der Waals surface area contributed by atoms with Crippen LogP contribution in [0, 0.1) is 0 Å². The lowest BCUT2D eigenvalue weighted by Crippen LogP contribution is -2.46. The third kappa shape index (κ3) is 24.5. The van der Waals surface area contributed by atoms with Gasteiger partial charge in [-0.3, -0.25) is 9.36 Å². The second-order valence-corrected chi connectivity index (χ2v) is 13.2. The summed E-state index contributed by atoms with van der Waals surface area (Å²) in [6.07, 6.45) is 18.9. The molecule has 0 heterocycles. The zero-order chi connectivity index (χ0) is 28.7. The fourth-order valence-electron chi connectivity index (χ4n) is 4.27. The summed E-state index contributed by atoms with van der Waals surface area (Å²) in [5, 5.41) is 13.5. The van der Waals surface area contributed by atoms with Gasteiger partial charge < -0.3 is 28.8 Å². The smallest absolute Gasteiger partial charge is 0.268 e. The van der Waals surface area contributed by atoms with Gasteiger partial charge in [-0.1, -0.05) is 110 Å². The molecule has 3 unspecified atom stereocenters. The molecule has 0 aromatic rings. The first-order chi connectivity index (χ1) is 18.0. The molecule has 8 nitrogen and oxygen atoms in total. The minimum atomic E-state index is -4.52. The Labute approximate surface area is 234 Å². The summed E-state index contributed by atoms with van der Waals surface area (Å²) in [6, 6.07) is -0.786. The Bertz CT molecular complexity index is 614. The molecule has 0 aromatic heterocycles. The van der Waals surface area contributed by atoms with Crippen molar-refractivity contribution >= 4 is 13.7 Å². The van der Waals surface area contributed by atoms with E-state index in [0.29, 0.717) is 23.9 Å². The fourth-order valence-corrected chi connectivity index (χ4v) is 4.99. The summed E-state index contributed by atoms with van der Waals surface area (Å²) in [6.45, 7) is 4.51. The molecule has 0 saturated carbocycles. The number of rotatable bonds is 27. The molecule has 0 aliphatic rings. The molecule has 0 rings (SSSR count). The van der Waals surface area contributed by atoms with Crippen LogP contribution >= 0.6 is 7.82 Å². The molecule has 38 heavy (non-hydrogen) atoms. The molecule has 0 aliphatic carbocycles. The normalized spacial score (nSPS) is 15.2. The number of hydrogen-bond donors (Lipinski definition) is 2. The van der Waals surface area contributed by atoms with Crippen molar-refractivity contribution in [1.29, 1.82) is 0 Å². The third-order valence-electron chi connectivity index (χ3n) is 6.85. The Morgan fingerprint density at radius 3 is 1.79 bits per heavy atom. The van der Waals surface area contributed by atoms with Crippen LogP contribution in [0.4, 0.5) is 0 Å². The summed E-state index contributed by atoms with van der Waals surface area (Å²) < 4.78 is 22.8. The van der Waals surface area contributed by atoms with Crippen LogP contribution in [0.15, 0.2) is 0 Å². The van der Waals surface area contributed by atoms with Crippen LogP contribution in [-0.4, -0.2) is 68.5 Å². The summed E-state index contributed by atoms with van der Waals surface area (Å²) >= 11 is 0. The molecule has 9 heteroatoms. The number of nitrogens with zero attached hydrogens (tertiary/aromatic N) is 1. The predicted octanol–water partition coefficient (Wildman–Crippen LogP) is 6.10. The Morgan fingerprint density at radius 2 is 1.29 bits per heavy atom. The molecule has 0 radical (unpaired) electrons. The molecule has 228 valence electrons. The van der Waals surface area contributed by atoms with Crippen molar-refractivity contribution in [1.82, 2.24) is 5.32 Å². The van der Waals surface area contributed by atoms with Gasteiger partial charge in [0, 0.05) is 6.42 Å². The molecule has 1 amide bonds. The molecular weight excluding hydrogens is 503 g/mol. The second kappa shape index (κ2) is 23.2. The number of carbonyl (C=O) groups excluding carboxylic acids is 1. The number of aliphatic hydroxyl groups excluding tert-OH is 1. The molecule has 0 bridgehead atoms. The van der Waals surface area contributed by atoms with Gasteiger partial charge in [-0.2, -0.15) is 0 Å². The summed E-state index contributed by atoms with van der Waals surface area (Å²) in [5.74, 6) is -0.192. The van der Waals surface area contributed by atoms with Crippen LogP contribution in [0.1, 0.15) is 129 Å². The lowest BCUT2D eigenvalue weighted by atomic mass is 10.0. The van der Waals surface area contributed by atoms with Crippen LogP contribution in [0.5, 0.6) is 0 Å². The number of carbonyl (C=O) groups is 1. The van der Waals surface area contributed by atoms with Crippen molar-refractivity contribution in [3.63, 3.8) is 0 Å². The van der Waals surface area contributed by atoms with Gasteiger partial charge in [-0.25, -0.2) is 0 Å². The average Bonchev–Trinajstić information content (AvgIpc) is 2.83. The summed E-state index contributed by atoms with van der Waals surface area (Å²) in [4.78, 5) is 24.6. The third-order valence-corrected chi connectivity index (χ3v) is 7.81. The highest BCUT2D eigenvalue weighted by Gasteiger charge is 2.24. The number of hydrogen-bond acceptors (Lipinski definition) is 6. The number of phosphoric ester groups is 1. The second-order valence-electron chi connectivity index (χ2n) is 11.8. The summed E-state index contributed by atoms with van der Waals surface area (Å²) in [5.41, 5.74) is 0. The van der Waals surface area contributed by atoms with E-state index in [1.54, 1.807) is 0 Å². The zero-order valence-corrected chi connectivity index (χ0v) is 26.3. The molecular formula is C29H61N2O6P. The van der Waals surface area contributed by atoms with E-state index < -0.39 is 20.0 Å². The van der Waals surface area contributed by atoms with Crippen LogP contribution in [0.3, 0.4) is 0 Å².